The van der Waals surface area contributed by atoms with Gasteiger partial charge in [-0.15, -0.1) is 0 Å². The zero-order valence-corrected chi connectivity index (χ0v) is 10.7. The van der Waals surface area contributed by atoms with E-state index in [0.717, 1.165) is 0 Å². The number of rotatable bonds is 6. The van der Waals surface area contributed by atoms with Gasteiger partial charge in [-0.05, 0) is 24.6 Å². The van der Waals surface area contributed by atoms with Crippen molar-refractivity contribution in [2.24, 2.45) is 0 Å². The van der Waals surface area contributed by atoms with E-state index in [1.165, 1.54) is 19.2 Å². The third-order valence-corrected chi connectivity index (χ3v) is 3.71. The predicted octanol–water partition coefficient (Wildman–Crippen LogP) is 0.665. The first-order valence-corrected chi connectivity index (χ1v) is 6.72. The van der Waals surface area contributed by atoms with Crippen molar-refractivity contribution in [2.45, 2.75) is 17.9 Å². The van der Waals surface area contributed by atoms with E-state index in [0.29, 0.717) is 12.2 Å². The summed E-state index contributed by atoms with van der Waals surface area (Å²) in [4.78, 5) is 0.145. The third-order valence-electron chi connectivity index (χ3n) is 2.25. The molecule has 1 atom stereocenters. The number of hydrogen-bond donors (Lipinski definition) is 2. The van der Waals surface area contributed by atoms with Gasteiger partial charge in [0.1, 0.15) is 0 Å². The maximum Gasteiger partial charge on any atom is 0.240 e. The lowest BCUT2D eigenvalue weighted by Gasteiger charge is -2.09. The number of nitrogens with one attached hydrogen (secondary N) is 1. The molecule has 0 radical (unpaired) electrons. The average molecular weight is 259 g/mol. The van der Waals surface area contributed by atoms with Gasteiger partial charge in [-0.3, -0.25) is 0 Å². The van der Waals surface area contributed by atoms with Gasteiger partial charge in [0, 0.05) is 13.7 Å². The first-order chi connectivity index (χ1) is 7.97. The number of hydrogen-bond acceptors (Lipinski definition) is 4. The number of benzene rings is 1. The van der Waals surface area contributed by atoms with E-state index >= 15 is 0 Å². The number of aliphatic hydroxyl groups excluding tert-OH is 1. The summed E-state index contributed by atoms with van der Waals surface area (Å²) in [5.41, 5.74) is 0.569. The second kappa shape index (κ2) is 6.11. The largest absolute Gasteiger partial charge is 0.389 e. The van der Waals surface area contributed by atoms with Crippen LogP contribution in [0.3, 0.4) is 0 Å². The molecule has 1 rings (SSSR count). The second-order valence-corrected chi connectivity index (χ2v) is 5.41. The first kappa shape index (κ1) is 14.1. The summed E-state index contributed by atoms with van der Waals surface area (Å²) in [6.45, 7) is 2.12. The van der Waals surface area contributed by atoms with Gasteiger partial charge in [-0.2, -0.15) is 0 Å². The van der Waals surface area contributed by atoms with Gasteiger partial charge in [0.15, 0.2) is 0 Å². The van der Waals surface area contributed by atoms with Gasteiger partial charge in [0.2, 0.25) is 10.0 Å². The number of methoxy groups -OCH3 is 1. The molecule has 2 N–H and O–H groups in total. The van der Waals surface area contributed by atoms with Crippen LogP contribution in [0.2, 0.25) is 0 Å². The van der Waals surface area contributed by atoms with E-state index in [4.69, 9.17) is 4.74 Å². The Labute approximate surface area is 101 Å². The molecule has 5 nitrogen and oxygen atoms in total. The van der Waals surface area contributed by atoms with Crippen LogP contribution >= 0.6 is 0 Å². The first-order valence-electron chi connectivity index (χ1n) is 5.24. The van der Waals surface area contributed by atoms with Crippen LogP contribution in [-0.4, -0.2) is 33.8 Å². The average Bonchev–Trinajstić information content (AvgIpc) is 2.29. The monoisotopic (exact) mass is 259 g/mol. The van der Waals surface area contributed by atoms with Crippen LogP contribution in [0.5, 0.6) is 0 Å². The van der Waals surface area contributed by atoms with Gasteiger partial charge < -0.3 is 9.84 Å². The molecule has 1 unspecified atom stereocenters. The van der Waals surface area contributed by atoms with Gasteiger partial charge >= 0.3 is 0 Å². The summed E-state index contributed by atoms with van der Waals surface area (Å²) in [6.07, 6.45) is -0.691. The molecule has 0 aliphatic carbocycles. The van der Waals surface area contributed by atoms with E-state index in [2.05, 4.69) is 4.72 Å². The lowest BCUT2D eigenvalue weighted by Crippen LogP contribution is -2.27. The molecule has 0 saturated carbocycles. The molecule has 0 amide bonds. The minimum Gasteiger partial charge on any atom is -0.389 e. The third kappa shape index (κ3) is 4.08. The molecule has 1 aromatic carbocycles. The minimum atomic E-state index is -3.53. The van der Waals surface area contributed by atoms with Crippen molar-refractivity contribution < 1.29 is 18.3 Å². The Morgan fingerprint density at radius 2 is 2.18 bits per heavy atom. The molecule has 0 heterocycles. The molecule has 0 aromatic heterocycles. The van der Waals surface area contributed by atoms with Crippen LogP contribution in [0.4, 0.5) is 0 Å². The maximum atomic E-state index is 11.8. The molecule has 0 saturated heterocycles. The summed E-state index contributed by atoms with van der Waals surface area (Å²) in [7, 11) is -2.03. The lowest BCUT2D eigenvalue weighted by molar-refractivity contribution is 0.199. The summed E-state index contributed by atoms with van der Waals surface area (Å²) in [6, 6.07) is 6.23. The molecular formula is C11H17NO4S. The van der Waals surface area contributed by atoms with Crippen LogP contribution in [0.1, 0.15) is 18.6 Å². The number of ether oxygens (including phenoxy) is 1. The van der Waals surface area contributed by atoms with Gasteiger partial charge in [-0.1, -0.05) is 12.1 Å². The molecule has 6 heteroatoms. The van der Waals surface area contributed by atoms with Crippen molar-refractivity contribution in [3.8, 4) is 0 Å². The number of aliphatic hydroxyl groups is 1. The molecule has 0 spiro atoms. The normalized spacial score (nSPS) is 13.6. The summed E-state index contributed by atoms with van der Waals surface area (Å²) in [5.74, 6) is 0. The van der Waals surface area contributed by atoms with Crippen molar-refractivity contribution >= 4 is 10.0 Å². The van der Waals surface area contributed by atoms with Crippen molar-refractivity contribution in [1.82, 2.24) is 4.72 Å². The SMILES string of the molecule is COCCNS(=O)(=O)c1cccc(C(C)O)c1. The Balaban J connectivity index is 2.87. The fourth-order valence-corrected chi connectivity index (χ4v) is 2.37. The van der Waals surface area contributed by atoms with Crippen LogP contribution in [0.15, 0.2) is 29.2 Å². The van der Waals surface area contributed by atoms with Crippen molar-refractivity contribution in [3.63, 3.8) is 0 Å². The summed E-state index contributed by atoms with van der Waals surface area (Å²) < 4.78 is 30.8. The molecule has 0 fully saturated rings. The molecule has 0 aliphatic rings. The Kier molecular flexibility index (Phi) is 5.07. The predicted molar refractivity (Wildman–Crippen MR) is 64.1 cm³/mol. The topological polar surface area (TPSA) is 75.6 Å². The fraction of sp³-hybridized carbons (Fsp3) is 0.455. The Hall–Kier alpha value is -0.950. The van der Waals surface area contributed by atoms with Gasteiger partial charge in [0.05, 0.1) is 17.6 Å². The molecule has 0 aliphatic heterocycles. The van der Waals surface area contributed by atoms with Gasteiger partial charge in [-0.25, -0.2) is 13.1 Å². The van der Waals surface area contributed by atoms with Crippen molar-refractivity contribution in [1.29, 1.82) is 0 Å². The molecule has 17 heavy (non-hydrogen) atoms. The minimum absolute atomic E-state index is 0.145. The summed E-state index contributed by atoms with van der Waals surface area (Å²) >= 11 is 0. The molecule has 1 aromatic rings. The van der Waals surface area contributed by atoms with Crippen molar-refractivity contribution in [3.05, 3.63) is 29.8 Å². The highest BCUT2D eigenvalue weighted by atomic mass is 32.2. The highest BCUT2D eigenvalue weighted by Gasteiger charge is 2.14. The smallest absolute Gasteiger partial charge is 0.240 e. The fourth-order valence-electron chi connectivity index (χ4n) is 1.30. The van der Waals surface area contributed by atoms with E-state index in [-0.39, 0.29) is 11.4 Å². The summed E-state index contributed by atoms with van der Waals surface area (Å²) in [5, 5.41) is 9.39. The van der Waals surface area contributed by atoms with Crippen LogP contribution in [-0.2, 0) is 14.8 Å². The Morgan fingerprint density at radius 3 is 2.76 bits per heavy atom. The van der Waals surface area contributed by atoms with Crippen molar-refractivity contribution in [2.75, 3.05) is 20.3 Å². The van der Waals surface area contributed by atoms with E-state index < -0.39 is 16.1 Å². The highest BCUT2D eigenvalue weighted by Crippen LogP contribution is 2.16. The number of sulfonamides is 1. The van der Waals surface area contributed by atoms with Crippen LogP contribution in [0.25, 0.3) is 0 Å². The highest BCUT2D eigenvalue weighted by molar-refractivity contribution is 7.89. The maximum absolute atomic E-state index is 11.8. The Morgan fingerprint density at radius 1 is 1.47 bits per heavy atom. The lowest BCUT2D eigenvalue weighted by atomic mass is 10.1. The second-order valence-electron chi connectivity index (χ2n) is 3.64. The molecular weight excluding hydrogens is 242 g/mol. The zero-order valence-electron chi connectivity index (χ0n) is 9.88. The van der Waals surface area contributed by atoms with E-state index in [1.807, 2.05) is 0 Å². The van der Waals surface area contributed by atoms with Gasteiger partial charge in [0.25, 0.3) is 0 Å². The molecule has 96 valence electrons. The van der Waals surface area contributed by atoms with Crippen LogP contribution < -0.4 is 4.72 Å². The van der Waals surface area contributed by atoms with Crippen LogP contribution in [0, 0.1) is 0 Å². The standard InChI is InChI=1S/C11H17NO4S/c1-9(13)10-4-3-5-11(8-10)17(14,15)12-6-7-16-2/h3-5,8-9,12-13H,6-7H2,1-2H3. The zero-order chi connectivity index (χ0) is 12.9. The van der Waals surface area contributed by atoms with E-state index in [1.54, 1.807) is 19.1 Å². The Bertz CT molecular complexity index is 456. The van der Waals surface area contributed by atoms with E-state index in [9.17, 15) is 13.5 Å². The molecule has 0 bridgehead atoms. The quantitative estimate of drug-likeness (QED) is 0.736.